The van der Waals surface area contributed by atoms with Crippen LogP contribution < -0.4 is 0 Å². The van der Waals surface area contributed by atoms with E-state index in [2.05, 4.69) is 4.98 Å². The van der Waals surface area contributed by atoms with Gasteiger partial charge in [-0.2, -0.15) is 13.2 Å². The van der Waals surface area contributed by atoms with Crippen LogP contribution in [0.3, 0.4) is 0 Å². The number of benzene rings is 1. The number of halogens is 3. The number of hydrogen-bond acceptors (Lipinski definition) is 3. The molecule has 4 nitrogen and oxygen atoms in total. The Morgan fingerprint density at radius 1 is 1.08 bits per heavy atom. The fourth-order valence-electron chi connectivity index (χ4n) is 3.50. The Morgan fingerprint density at radius 2 is 1.69 bits per heavy atom. The average Bonchev–Trinajstić information content (AvgIpc) is 2.63. The number of alkyl halides is 3. The van der Waals surface area contributed by atoms with Crippen molar-refractivity contribution in [3.05, 3.63) is 65.5 Å². The van der Waals surface area contributed by atoms with Crippen molar-refractivity contribution in [1.82, 2.24) is 9.88 Å². The summed E-state index contributed by atoms with van der Waals surface area (Å²) in [6.45, 7) is 0.574. The molecule has 1 fully saturated rings. The van der Waals surface area contributed by atoms with E-state index in [1.807, 2.05) is 4.90 Å². The number of aromatic nitrogens is 1. The van der Waals surface area contributed by atoms with Gasteiger partial charge >= 0.3 is 12.1 Å². The highest BCUT2D eigenvalue weighted by atomic mass is 19.4. The van der Waals surface area contributed by atoms with Crippen molar-refractivity contribution in [2.75, 3.05) is 6.54 Å². The fraction of sp³-hybridized carbons (Fsp3) is 0.368. The number of carboxylic acids is 1. The van der Waals surface area contributed by atoms with Crippen LogP contribution in [0, 0.1) is 0 Å². The lowest BCUT2D eigenvalue weighted by Crippen LogP contribution is -2.46. The van der Waals surface area contributed by atoms with E-state index in [1.54, 1.807) is 24.5 Å². The molecule has 26 heavy (non-hydrogen) atoms. The van der Waals surface area contributed by atoms with Crippen LogP contribution in [0.4, 0.5) is 13.2 Å². The number of rotatable bonds is 4. The Kier molecular flexibility index (Phi) is 5.27. The number of nitrogens with zero attached hydrogens (tertiary/aromatic N) is 2. The van der Waals surface area contributed by atoms with Crippen LogP contribution in [0.2, 0.25) is 0 Å². The van der Waals surface area contributed by atoms with Crippen molar-refractivity contribution in [1.29, 1.82) is 0 Å². The van der Waals surface area contributed by atoms with Crippen LogP contribution >= 0.6 is 0 Å². The van der Waals surface area contributed by atoms with E-state index >= 15 is 0 Å². The van der Waals surface area contributed by atoms with Crippen LogP contribution in [0.25, 0.3) is 0 Å². The van der Waals surface area contributed by atoms with Crippen molar-refractivity contribution in [2.24, 2.45) is 0 Å². The quantitative estimate of drug-likeness (QED) is 0.886. The van der Waals surface area contributed by atoms with Gasteiger partial charge in [0.15, 0.2) is 0 Å². The van der Waals surface area contributed by atoms with E-state index in [9.17, 15) is 23.1 Å². The number of likely N-dealkylation sites (tertiary alicyclic amines) is 1. The minimum atomic E-state index is -4.40. The Balaban J connectivity index is 2.03. The third-order valence-electron chi connectivity index (χ3n) is 4.74. The molecule has 0 saturated carbocycles. The molecule has 7 heteroatoms. The lowest BCUT2D eigenvalue weighted by molar-refractivity contribution is -0.145. The molecule has 1 aliphatic rings. The Labute approximate surface area is 149 Å². The van der Waals surface area contributed by atoms with Crippen molar-refractivity contribution in [3.63, 3.8) is 0 Å². The molecule has 138 valence electrons. The molecule has 0 radical (unpaired) electrons. The maximum absolute atomic E-state index is 12.9. The highest BCUT2D eigenvalue weighted by Gasteiger charge is 2.36. The molecule has 2 unspecified atom stereocenters. The topological polar surface area (TPSA) is 53.4 Å². The summed E-state index contributed by atoms with van der Waals surface area (Å²) in [5, 5.41) is 9.60. The minimum absolute atomic E-state index is 0.429. The summed E-state index contributed by atoms with van der Waals surface area (Å²) >= 11 is 0. The highest BCUT2D eigenvalue weighted by Crippen LogP contribution is 2.36. The van der Waals surface area contributed by atoms with Gasteiger partial charge in [-0.05, 0) is 54.8 Å². The molecule has 1 aromatic heterocycles. The second-order valence-electron chi connectivity index (χ2n) is 6.39. The molecule has 1 saturated heterocycles. The van der Waals surface area contributed by atoms with Gasteiger partial charge in [0.1, 0.15) is 6.04 Å². The third-order valence-corrected chi connectivity index (χ3v) is 4.74. The number of carboxylic acid groups (broad SMARTS) is 1. The van der Waals surface area contributed by atoms with Gasteiger partial charge in [0.25, 0.3) is 0 Å². The fourth-order valence-corrected chi connectivity index (χ4v) is 3.50. The van der Waals surface area contributed by atoms with Crippen LogP contribution in [0.1, 0.15) is 42.0 Å². The highest BCUT2D eigenvalue weighted by molar-refractivity contribution is 5.73. The van der Waals surface area contributed by atoms with Crippen molar-refractivity contribution < 1.29 is 23.1 Å². The zero-order chi connectivity index (χ0) is 18.7. The Bertz CT molecular complexity index is 748. The van der Waals surface area contributed by atoms with E-state index in [0.29, 0.717) is 18.5 Å². The maximum Gasteiger partial charge on any atom is 0.416 e. The molecule has 1 N–H and O–H groups in total. The number of hydrogen-bond donors (Lipinski definition) is 1. The summed E-state index contributed by atoms with van der Waals surface area (Å²) in [4.78, 5) is 17.6. The second kappa shape index (κ2) is 7.45. The number of pyridine rings is 1. The number of carbonyl (C=O) groups is 1. The van der Waals surface area contributed by atoms with Crippen molar-refractivity contribution in [3.8, 4) is 0 Å². The molecule has 2 heterocycles. The van der Waals surface area contributed by atoms with Gasteiger partial charge < -0.3 is 5.11 Å². The molecule has 1 aliphatic heterocycles. The van der Waals surface area contributed by atoms with E-state index < -0.39 is 29.8 Å². The smallest absolute Gasteiger partial charge is 0.416 e. The molecule has 3 rings (SSSR count). The minimum Gasteiger partial charge on any atom is -0.480 e. The van der Waals surface area contributed by atoms with Crippen molar-refractivity contribution in [2.45, 2.75) is 37.5 Å². The maximum atomic E-state index is 12.9. The zero-order valence-electron chi connectivity index (χ0n) is 14.0. The number of aliphatic carboxylic acids is 1. The van der Waals surface area contributed by atoms with Crippen LogP contribution in [-0.4, -0.2) is 33.5 Å². The van der Waals surface area contributed by atoms with Gasteiger partial charge in [0, 0.05) is 12.4 Å². The van der Waals surface area contributed by atoms with E-state index in [4.69, 9.17) is 0 Å². The first kappa shape index (κ1) is 18.4. The molecule has 2 atom stereocenters. The predicted molar refractivity (Wildman–Crippen MR) is 89.5 cm³/mol. The first-order chi connectivity index (χ1) is 12.4. The monoisotopic (exact) mass is 364 g/mol. The van der Waals surface area contributed by atoms with Crippen LogP contribution in [0.5, 0.6) is 0 Å². The van der Waals surface area contributed by atoms with Gasteiger partial charge in [-0.1, -0.05) is 18.6 Å². The van der Waals surface area contributed by atoms with Crippen LogP contribution in [0.15, 0.2) is 48.8 Å². The predicted octanol–water partition coefficient (Wildman–Crippen LogP) is 4.13. The molecule has 1 aromatic carbocycles. The summed E-state index contributed by atoms with van der Waals surface area (Å²) in [6, 6.07) is 7.41. The Hall–Kier alpha value is -2.41. The second-order valence-corrected chi connectivity index (χ2v) is 6.39. The largest absolute Gasteiger partial charge is 0.480 e. The zero-order valence-corrected chi connectivity index (χ0v) is 14.0. The molecule has 2 aromatic rings. The van der Waals surface area contributed by atoms with Gasteiger partial charge in [-0.25, -0.2) is 0 Å². The molecule has 0 amide bonds. The summed E-state index contributed by atoms with van der Waals surface area (Å²) in [6.07, 6.45) is 1.00. The van der Waals surface area contributed by atoms with Gasteiger partial charge in [0.05, 0.1) is 11.6 Å². The lowest BCUT2D eigenvalue weighted by Gasteiger charge is -2.39. The first-order valence-corrected chi connectivity index (χ1v) is 8.43. The van der Waals surface area contributed by atoms with E-state index in [0.717, 1.165) is 30.5 Å². The van der Waals surface area contributed by atoms with E-state index in [1.165, 1.54) is 12.1 Å². The van der Waals surface area contributed by atoms with Crippen molar-refractivity contribution >= 4 is 5.97 Å². The molecular formula is C19H19F3N2O2. The summed E-state index contributed by atoms with van der Waals surface area (Å²) in [5.41, 5.74) is 0.730. The SMILES string of the molecule is O=C(O)C1CCCCN1C(c1ccncc1)c1ccc(C(F)(F)F)cc1. The average molecular weight is 364 g/mol. The van der Waals surface area contributed by atoms with Gasteiger partial charge in [-0.3, -0.25) is 14.7 Å². The van der Waals surface area contributed by atoms with Gasteiger partial charge in [-0.15, -0.1) is 0 Å². The third kappa shape index (κ3) is 3.88. The van der Waals surface area contributed by atoms with Crippen LogP contribution in [-0.2, 0) is 11.0 Å². The normalized spacial score (nSPS) is 19.9. The summed E-state index contributed by atoms with van der Waals surface area (Å²) in [5.74, 6) is -0.907. The molecular weight excluding hydrogens is 345 g/mol. The van der Waals surface area contributed by atoms with Gasteiger partial charge in [0.2, 0.25) is 0 Å². The lowest BCUT2D eigenvalue weighted by atomic mass is 9.91. The first-order valence-electron chi connectivity index (χ1n) is 8.43. The Morgan fingerprint density at radius 3 is 2.27 bits per heavy atom. The summed E-state index contributed by atoms with van der Waals surface area (Å²) < 4.78 is 38.6. The summed E-state index contributed by atoms with van der Waals surface area (Å²) in [7, 11) is 0. The number of piperidine rings is 1. The van der Waals surface area contributed by atoms with E-state index in [-0.39, 0.29) is 0 Å². The molecule has 0 spiro atoms. The molecule has 0 bridgehead atoms. The standard InChI is InChI=1S/C19H19F3N2O2/c20-19(21,22)15-6-4-13(5-7-15)17(14-8-10-23-11-9-14)24-12-2-1-3-16(24)18(25)26/h4-11,16-17H,1-3,12H2,(H,25,26). The molecule has 0 aliphatic carbocycles.